The lowest BCUT2D eigenvalue weighted by Gasteiger charge is -2.37. The quantitative estimate of drug-likeness (QED) is 0.712. The van der Waals surface area contributed by atoms with E-state index in [1.807, 2.05) is 43.3 Å². The second-order valence-corrected chi connectivity index (χ2v) is 8.25. The summed E-state index contributed by atoms with van der Waals surface area (Å²) in [7, 11) is -3.94. The van der Waals surface area contributed by atoms with Crippen molar-refractivity contribution in [2.75, 3.05) is 5.32 Å². The van der Waals surface area contributed by atoms with Crippen LogP contribution in [0.4, 0.5) is 5.69 Å². The molecule has 0 saturated heterocycles. The lowest BCUT2D eigenvalue weighted by Crippen LogP contribution is -2.52. The highest BCUT2D eigenvalue weighted by Gasteiger charge is 2.35. The molecule has 0 radical (unpaired) electrons. The number of nitrogens with one attached hydrogen (secondary N) is 2. The topological polar surface area (TPSA) is 78.5 Å². The smallest absolute Gasteiger partial charge is 0.273 e. The Morgan fingerprint density at radius 2 is 1.54 bits per heavy atom. The monoisotopic (exact) mass is 393 g/mol. The van der Waals surface area contributed by atoms with Gasteiger partial charge in [0.15, 0.2) is 0 Å². The van der Waals surface area contributed by atoms with Crippen molar-refractivity contribution in [3.63, 3.8) is 0 Å². The van der Waals surface area contributed by atoms with Gasteiger partial charge in [0.05, 0.1) is 10.5 Å². The van der Waals surface area contributed by atoms with E-state index in [-0.39, 0.29) is 4.90 Å². The number of rotatable bonds is 4. The zero-order chi connectivity index (χ0) is 19.7. The van der Waals surface area contributed by atoms with Gasteiger partial charge in [-0.1, -0.05) is 60.2 Å². The largest absolute Gasteiger partial charge is 0.360 e. The standard InChI is InChI=1S/C21H19N3O3S/c1-15-11-13-17(14-12-15)28(26,27)23-24-20(16-7-3-2-4-8-16)22-19-10-6-5-9-18(19)21(24)25/h2-14,20,22-23H,1H3/t20-/m0/s1. The molecule has 0 aromatic heterocycles. The van der Waals surface area contributed by atoms with Gasteiger partial charge in [-0.15, -0.1) is 4.83 Å². The second kappa shape index (κ2) is 7.10. The van der Waals surface area contributed by atoms with Crippen molar-refractivity contribution in [2.24, 2.45) is 0 Å². The molecule has 28 heavy (non-hydrogen) atoms. The summed E-state index contributed by atoms with van der Waals surface area (Å²) in [5.41, 5.74) is 2.77. The van der Waals surface area contributed by atoms with Gasteiger partial charge in [-0.05, 0) is 36.8 Å². The predicted octanol–water partition coefficient (Wildman–Crippen LogP) is 3.46. The molecule has 1 aliphatic heterocycles. The molecule has 1 amide bonds. The molecule has 4 rings (SSSR count). The van der Waals surface area contributed by atoms with Crippen molar-refractivity contribution >= 4 is 21.6 Å². The number of amides is 1. The van der Waals surface area contributed by atoms with Crippen LogP contribution >= 0.6 is 0 Å². The minimum absolute atomic E-state index is 0.0940. The van der Waals surface area contributed by atoms with E-state index in [1.165, 1.54) is 12.1 Å². The maximum atomic E-state index is 13.1. The van der Waals surface area contributed by atoms with Crippen LogP contribution in [0.1, 0.15) is 27.7 Å². The fourth-order valence-corrected chi connectivity index (χ4v) is 4.16. The van der Waals surface area contributed by atoms with Crippen LogP contribution in [-0.4, -0.2) is 19.3 Å². The molecule has 0 spiro atoms. The van der Waals surface area contributed by atoms with Gasteiger partial charge in [-0.25, -0.2) is 13.4 Å². The van der Waals surface area contributed by atoms with Crippen molar-refractivity contribution in [2.45, 2.75) is 18.0 Å². The number of anilines is 1. The van der Waals surface area contributed by atoms with E-state index in [9.17, 15) is 13.2 Å². The maximum Gasteiger partial charge on any atom is 0.273 e. The van der Waals surface area contributed by atoms with Crippen LogP contribution < -0.4 is 10.1 Å². The Morgan fingerprint density at radius 3 is 2.25 bits per heavy atom. The van der Waals surface area contributed by atoms with Crippen molar-refractivity contribution < 1.29 is 13.2 Å². The lowest BCUT2D eigenvalue weighted by atomic mass is 10.1. The van der Waals surface area contributed by atoms with E-state index in [1.54, 1.807) is 30.3 Å². The van der Waals surface area contributed by atoms with E-state index in [4.69, 9.17) is 0 Å². The molecule has 1 aliphatic rings. The normalized spacial score (nSPS) is 16.4. The van der Waals surface area contributed by atoms with Crippen LogP contribution in [0.15, 0.2) is 83.8 Å². The molecule has 1 atom stereocenters. The highest BCUT2D eigenvalue weighted by Crippen LogP contribution is 2.32. The molecule has 0 aliphatic carbocycles. The molecule has 7 heteroatoms. The van der Waals surface area contributed by atoms with Gasteiger partial charge in [-0.3, -0.25) is 4.79 Å². The van der Waals surface area contributed by atoms with E-state index in [0.717, 1.165) is 16.1 Å². The third-order valence-corrected chi connectivity index (χ3v) is 5.92. The van der Waals surface area contributed by atoms with Crippen LogP contribution in [0.25, 0.3) is 0 Å². The molecule has 3 aromatic rings. The number of fused-ring (bicyclic) bond motifs is 1. The number of carbonyl (C=O) groups is 1. The molecule has 6 nitrogen and oxygen atoms in total. The van der Waals surface area contributed by atoms with Crippen molar-refractivity contribution in [3.05, 3.63) is 95.6 Å². The van der Waals surface area contributed by atoms with Crippen LogP contribution in [-0.2, 0) is 10.0 Å². The average molecular weight is 393 g/mol. The van der Waals surface area contributed by atoms with Crippen molar-refractivity contribution in [1.29, 1.82) is 0 Å². The number of aryl methyl sites for hydroxylation is 1. The first-order valence-corrected chi connectivity index (χ1v) is 10.3. The van der Waals surface area contributed by atoms with Gasteiger partial charge < -0.3 is 5.32 Å². The van der Waals surface area contributed by atoms with Gasteiger partial charge in [0.1, 0.15) is 6.17 Å². The molecule has 3 aromatic carbocycles. The first-order valence-electron chi connectivity index (χ1n) is 8.79. The highest BCUT2D eigenvalue weighted by molar-refractivity contribution is 7.89. The summed E-state index contributed by atoms with van der Waals surface area (Å²) < 4.78 is 25.8. The molecule has 142 valence electrons. The van der Waals surface area contributed by atoms with Crippen molar-refractivity contribution in [1.82, 2.24) is 9.84 Å². The Morgan fingerprint density at radius 1 is 0.893 bits per heavy atom. The zero-order valence-corrected chi connectivity index (χ0v) is 16.0. The Balaban J connectivity index is 1.75. The van der Waals surface area contributed by atoms with Gasteiger partial charge in [0.25, 0.3) is 15.9 Å². The van der Waals surface area contributed by atoms with E-state index in [0.29, 0.717) is 11.3 Å². The molecule has 2 N–H and O–H groups in total. The molecular weight excluding hydrogens is 374 g/mol. The number of sulfonamides is 1. The number of hydrogen-bond acceptors (Lipinski definition) is 4. The summed E-state index contributed by atoms with van der Waals surface area (Å²) in [5.74, 6) is -0.418. The molecular formula is C21H19N3O3S. The fourth-order valence-electron chi connectivity index (χ4n) is 3.12. The van der Waals surface area contributed by atoms with E-state index >= 15 is 0 Å². The van der Waals surface area contributed by atoms with Crippen molar-refractivity contribution in [3.8, 4) is 0 Å². The molecule has 0 fully saturated rings. The Hall–Kier alpha value is -3.16. The number of benzene rings is 3. The van der Waals surface area contributed by atoms with E-state index < -0.39 is 22.1 Å². The molecule has 0 bridgehead atoms. The van der Waals surface area contributed by atoms with Gasteiger partial charge in [0, 0.05) is 5.69 Å². The third-order valence-electron chi connectivity index (χ3n) is 4.59. The van der Waals surface area contributed by atoms with Crippen LogP contribution in [0.5, 0.6) is 0 Å². The summed E-state index contributed by atoms with van der Waals surface area (Å²) in [5, 5.41) is 4.39. The lowest BCUT2D eigenvalue weighted by molar-refractivity contribution is 0.0633. The Labute approximate surface area is 163 Å². The number of hydrazine groups is 1. The minimum atomic E-state index is -3.94. The van der Waals surface area contributed by atoms with Crippen LogP contribution in [0.3, 0.4) is 0 Å². The Kier molecular flexibility index (Phi) is 4.62. The zero-order valence-electron chi connectivity index (χ0n) is 15.2. The fraction of sp³-hybridized carbons (Fsp3) is 0.0952. The summed E-state index contributed by atoms with van der Waals surface area (Å²) in [4.78, 5) is 15.7. The summed E-state index contributed by atoms with van der Waals surface area (Å²) >= 11 is 0. The summed E-state index contributed by atoms with van der Waals surface area (Å²) in [6.07, 6.45) is -0.677. The number of para-hydroxylation sites is 1. The minimum Gasteiger partial charge on any atom is -0.360 e. The molecule has 0 unspecified atom stereocenters. The van der Waals surface area contributed by atoms with Gasteiger partial charge >= 0.3 is 0 Å². The van der Waals surface area contributed by atoms with Crippen LogP contribution in [0.2, 0.25) is 0 Å². The average Bonchev–Trinajstić information content (AvgIpc) is 2.71. The molecule has 0 saturated carbocycles. The Bertz CT molecular complexity index is 1110. The predicted molar refractivity (Wildman–Crippen MR) is 107 cm³/mol. The van der Waals surface area contributed by atoms with Crippen LogP contribution in [0, 0.1) is 6.92 Å². The number of carbonyl (C=O) groups excluding carboxylic acids is 1. The SMILES string of the molecule is Cc1ccc(S(=O)(=O)NN2C(=O)c3ccccc3N[C@@H]2c2ccccc2)cc1. The number of hydrogen-bond donors (Lipinski definition) is 2. The summed E-state index contributed by atoms with van der Waals surface area (Å²) in [6, 6.07) is 22.7. The van der Waals surface area contributed by atoms with E-state index in [2.05, 4.69) is 10.1 Å². The van der Waals surface area contributed by atoms with Gasteiger partial charge in [0.2, 0.25) is 0 Å². The summed E-state index contributed by atoms with van der Waals surface area (Å²) in [6.45, 7) is 1.88. The maximum absolute atomic E-state index is 13.1. The van der Waals surface area contributed by atoms with Gasteiger partial charge in [-0.2, -0.15) is 0 Å². The second-order valence-electron chi connectivity index (χ2n) is 6.59. The molecule has 1 heterocycles. The first-order chi connectivity index (χ1) is 13.5. The highest BCUT2D eigenvalue weighted by atomic mass is 32.2. The third kappa shape index (κ3) is 3.37. The first kappa shape index (κ1) is 18.2. The number of nitrogens with zero attached hydrogens (tertiary/aromatic N) is 1.